The topological polar surface area (TPSA) is 78.5 Å². The number of nitrogens with one attached hydrogen (secondary N) is 2. The molecule has 1 atom stereocenters. The van der Waals surface area contributed by atoms with Crippen molar-refractivity contribution in [3.63, 3.8) is 0 Å². The average molecular weight is 558 g/mol. The molecule has 2 aliphatic heterocycles. The Bertz CT molecular complexity index is 1290. The van der Waals surface area contributed by atoms with Crippen molar-refractivity contribution in [2.45, 2.75) is 87.2 Å². The Kier molecular flexibility index (Phi) is 6.99. The summed E-state index contributed by atoms with van der Waals surface area (Å²) in [6, 6.07) is 14.4. The highest BCUT2D eigenvalue weighted by Gasteiger charge is 2.50. The Morgan fingerprint density at radius 1 is 0.900 bits per heavy atom. The van der Waals surface area contributed by atoms with Crippen LogP contribution >= 0.6 is 11.8 Å². The van der Waals surface area contributed by atoms with E-state index in [1.807, 2.05) is 12.1 Å². The third-order valence-electron chi connectivity index (χ3n) is 10.2. The van der Waals surface area contributed by atoms with Gasteiger partial charge in [0, 0.05) is 34.7 Å². The summed E-state index contributed by atoms with van der Waals surface area (Å²) in [5, 5.41) is 6.41. The second kappa shape index (κ2) is 10.6. The summed E-state index contributed by atoms with van der Waals surface area (Å²) in [5.41, 5.74) is 4.86. The quantitative estimate of drug-likeness (QED) is 0.339. The van der Waals surface area contributed by atoms with Gasteiger partial charge >= 0.3 is 0 Å². The molecule has 2 aromatic rings. The van der Waals surface area contributed by atoms with Gasteiger partial charge in [-0.1, -0.05) is 30.3 Å². The van der Waals surface area contributed by atoms with Gasteiger partial charge in [-0.3, -0.25) is 19.7 Å². The van der Waals surface area contributed by atoms with Crippen LogP contribution < -0.4 is 10.6 Å². The van der Waals surface area contributed by atoms with Gasteiger partial charge in [-0.05, 0) is 111 Å². The van der Waals surface area contributed by atoms with Crippen LogP contribution in [0.2, 0.25) is 0 Å². The number of piperidine rings is 1. The van der Waals surface area contributed by atoms with Crippen LogP contribution in [-0.2, 0) is 29.0 Å². The van der Waals surface area contributed by atoms with Crippen molar-refractivity contribution in [1.82, 2.24) is 15.5 Å². The van der Waals surface area contributed by atoms with E-state index < -0.39 is 6.04 Å². The Morgan fingerprint density at radius 3 is 2.25 bits per heavy atom. The molecule has 8 rings (SSSR count). The number of carbonyl (C=O) groups is 3. The summed E-state index contributed by atoms with van der Waals surface area (Å²) in [6.07, 6.45) is 11.4. The lowest BCUT2D eigenvalue weighted by Crippen LogP contribution is -2.58. The van der Waals surface area contributed by atoms with E-state index in [2.05, 4.69) is 41.0 Å². The van der Waals surface area contributed by atoms with Gasteiger partial charge < -0.3 is 10.2 Å². The lowest BCUT2D eigenvalue weighted by molar-refractivity contribution is -0.136. The average Bonchev–Trinajstić information content (AvgIpc) is 3.25. The van der Waals surface area contributed by atoms with Crippen LogP contribution in [0, 0.1) is 17.8 Å². The Labute approximate surface area is 241 Å². The Balaban J connectivity index is 0.903. The van der Waals surface area contributed by atoms with Gasteiger partial charge in [0.15, 0.2) is 0 Å². The number of rotatable bonds is 9. The minimum absolute atomic E-state index is 0.111. The fourth-order valence-corrected chi connectivity index (χ4v) is 9.72. The zero-order valence-corrected chi connectivity index (χ0v) is 23.9. The van der Waals surface area contributed by atoms with Crippen molar-refractivity contribution in [3.8, 4) is 0 Å². The van der Waals surface area contributed by atoms with E-state index in [-0.39, 0.29) is 24.1 Å². The number of imide groups is 1. The number of hydrogen-bond donors (Lipinski definition) is 2. The molecule has 1 saturated heterocycles. The molecule has 6 aliphatic rings. The van der Waals surface area contributed by atoms with E-state index in [1.54, 1.807) is 16.7 Å². The first-order valence-corrected chi connectivity index (χ1v) is 16.2. The van der Waals surface area contributed by atoms with Crippen molar-refractivity contribution >= 4 is 29.5 Å². The first-order valence-electron chi connectivity index (χ1n) is 15.2. The van der Waals surface area contributed by atoms with Crippen molar-refractivity contribution in [1.29, 1.82) is 0 Å². The van der Waals surface area contributed by atoms with E-state index in [1.165, 1.54) is 49.7 Å². The lowest BCUT2D eigenvalue weighted by atomic mass is 9.53. The van der Waals surface area contributed by atoms with Gasteiger partial charge in [0.2, 0.25) is 11.8 Å². The number of benzene rings is 2. The molecule has 3 amide bonds. The standard InChI is InChI=1S/C33H39N3O3S/c37-30-9-8-28(31(38)35-30)36-20-27-26(32(36)39)2-1-3-29(27)40-13-11-22-6-4-21(5-7-22)10-12-34-33-17-23-14-24(18-33)16-25(15-23)19-33/h1-7,23-25,28,34H,8-20H2,(H,35,37,38). The highest BCUT2D eigenvalue weighted by molar-refractivity contribution is 7.99. The first kappa shape index (κ1) is 26.3. The van der Waals surface area contributed by atoms with Gasteiger partial charge in [0.25, 0.3) is 5.91 Å². The van der Waals surface area contributed by atoms with Crippen LogP contribution in [0.3, 0.4) is 0 Å². The van der Waals surface area contributed by atoms with Crippen LogP contribution in [-0.4, -0.2) is 46.5 Å². The molecule has 210 valence electrons. The molecule has 2 aromatic carbocycles. The summed E-state index contributed by atoms with van der Waals surface area (Å²) >= 11 is 1.77. The molecule has 40 heavy (non-hydrogen) atoms. The fourth-order valence-electron chi connectivity index (χ4n) is 8.64. The second-order valence-corrected chi connectivity index (χ2v) is 14.1. The number of nitrogens with zero attached hydrogens (tertiary/aromatic N) is 1. The maximum atomic E-state index is 13.1. The normalized spacial score (nSPS) is 30.6. The SMILES string of the molecule is O=C1CCC(N2Cc3c(SCCc4ccc(CCNC56CC7CC(CC(C7)C5)C6)cc4)cccc3C2=O)C(=O)N1. The molecule has 4 bridgehead atoms. The Morgan fingerprint density at radius 2 is 1.57 bits per heavy atom. The molecule has 0 spiro atoms. The lowest BCUT2D eigenvalue weighted by Gasteiger charge is -2.57. The molecule has 1 unspecified atom stereocenters. The molecule has 2 heterocycles. The molecular weight excluding hydrogens is 518 g/mol. The van der Waals surface area contributed by atoms with Crippen molar-refractivity contribution in [3.05, 3.63) is 64.7 Å². The highest BCUT2D eigenvalue weighted by Crippen LogP contribution is 2.55. The Hall–Kier alpha value is -2.64. The van der Waals surface area contributed by atoms with E-state index in [9.17, 15) is 14.4 Å². The van der Waals surface area contributed by atoms with Crippen molar-refractivity contribution in [2.24, 2.45) is 17.8 Å². The second-order valence-electron chi connectivity index (χ2n) is 13.0. The molecule has 5 fully saturated rings. The molecule has 0 radical (unpaired) electrons. The van der Waals surface area contributed by atoms with E-state index >= 15 is 0 Å². The zero-order chi connectivity index (χ0) is 27.3. The number of thioether (sulfide) groups is 1. The summed E-state index contributed by atoms with van der Waals surface area (Å²) in [6.45, 7) is 1.50. The summed E-state index contributed by atoms with van der Waals surface area (Å²) in [7, 11) is 0. The summed E-state index contributed by atoms with van der Waals surface area (Å²) in [5.74, 6) is 3.14. The molecule has 4 saturated carbocycles. The van der Waals surface area contributed by atoms with Crippen molar-refractivity contribution in [2.75, 3.05) is 12.3 Å². The minimum atomic E-state index is -0.573. The van der Waals surface area contributed by atoms with Crippen LogP contribution in [0.4, 0.5) is 0 Å². The van der Waals surface area contributed by atoms with Crippen molar-refractivity contribution < 1.29 is 14.4 Å². The number of fused-ring (bicyclic) bond motifs is 1. The third kappa shape index (κ3) is 5.11. The number of carbonyl (C=O) groups excluding carboxylic acids is 3. The van der Waals surface area contributed by atoms with Crippen LogP contribution in [0.25, 0.3) is 0 Å². The highest BCUT2D eigenvalue weighted by atomic mass is 32.2. The van der Waals surface area contributed by atoms with E-state index in [0.29, 0.717) is 24.1 Å². The maximum absolute atomic E-state index is 13.1. The van der Waals surface area contributed by atoms with Crippen LogP contribution in [0.5, 0.6) is 0 Å². The maximum Gasteiger partial charge on any atom is 0.255 e. The summed E-state index contributed by atoms with van der Waals surface area (Å²) in [4.78, 5) is 39.7. The van der Waals surface area contributed by atoms with Gasteiger partial charge in [0.1, 0.15) is 6.04 Å². The molecule has 4 aliphatic carbocycles. The van der Waals surface area contributed by atoms with E-state index in [0.717, 1.165) is 53.4 Å². The smallest absolute Gasteiger partial charge is 0.255 e. The summed E-state index contributed by atoms with van der Waals surface area (Å²) < 4.78 is 0. The fraction of sp³-hybridized carbons (Fsp3) is 0.545. The van der Waals surface area contributed by atoms with Gasteiger partial charge in [-0.15, -0.1) is 11.8 Å². The largest absolute Gasteiger partial charge is 0.322 e. The third-order valence-corrected chi connectivity index (χ3v) is 11.3. The zero-order valence-electron chi connectivity index (χ0n) is 23.1. The van der Waals surface area contributed by atoms with E-state index in [4.69, 9.17) is 0 Å². The molecule has 6 nitrogen and oxygen atoms in total. The van der Waals surface area contributed by atoms with Gasteiger partial charge in [-0.25, -0.2) is 0 Å². The molecule has 2 N–H and O–H groups in total. The van der Waals surface area contributed by atoms with Gasteiger partial charge in [0.05, 0.1) is 0 Å². The molecule has 7 heteroatoms. The predicted molar refractivity (Wildman–Crippen MR) is 156 cm³/mol. The molecular formula is C33H39N3O3S. The van der Waals surface area contributed by atoms with Gasteiger partial charge in [-0.2, -0.15) is 0 Å². The van der Waals surface area contributed by atoms with Crippen LogP contribution in [0.15, 0.2) is 47.4 Å². The monoisotopic (exact) mass is 557 g/mol. The number of amides is 3. The van der Waals surface area contributed by atoms with Crippen LogP contribution in [0.1, 0.15) is 78.4 Å². The number of aryl methyl sites for hydroxylation is 1. The number of hydrogen-bond acceptors (Lipinski definition) is 5. The minimum Gasteiger partial charge on any atom is -0.322 e. The first-order chi connectivity index (χ1) is 19.4. The predicted octanol–water partition coefficient (Wildman–Crippen LogP) is 4.88. The molecule has 0 aromatic heterocycles.